The average Bonchev–Trinajstić information content (AvgIpc) is 3.33. The normalized spacial score (nSPS) is 10.5. The van der Waals surface area contributed by atoms with Gasteiger partial charge in [-0.05, 0) is 19.4 Å². The molecule has 7 nitrogen and oxygen atoms in total. The summed E-state index contributed by atoms with van der Waals surface area (Å²) < 4.78 is 10.2. The summed E-state index contributed by atoms with van der Waals surface area (Å²) in [6.45, 7) is 3.32. The number of carbonyl (C=O) groups excluding carboxylic acids is 3. The average molecular weight is 445 g/mol. The van der Waals surface area contributed by atoms with Crippen molar-refractivity contribution >= 4 is 45.5 Å². The molecule has 0 atom stereocenters. The van der Waals surface area contributed by atoms with Crippen molar-refractivity contribution in [3.63, 3.8) is 0 Å². The predicted octanol–water partition coefficient (Wildman–Crippen LogP) is 4.08. The molecule has 1 amide bonds. The maximum Gasteiger partial charge on any atom is 0.341 e. The fourth-order valence-corrected chi connectivity index (χ4v) is 4.27. The molecule has 0 radical (unpaired) electrons. The number of hydrogen-bond acceptors (Lipinski definition) is 8. The van der Waals surface area contributed by atoms with Gasteiger partial charge in [0, 0.05) is 16.3 Å². The van der Waals surface area contributed by atoms with Gasteiger partial charge in [-0.15, -0.1) is 22.7 Å². The van der Waals surface area contributed by atoms with E-state index >= 15 is 0 Å². The minimum Gasteiger partial charge on any atom is -0.462 e. The first kappa shape index (κ1) is 21.7. The number of amides is 1. The van der Waals surface area contributed by atoms with Gasteiger partial charge in [-0.25, -0.2) is 9.78 Å². The molecule has 0 saturated carbocycles. The molecule has 1 aromatic carbocycles. The highest BCUT2D eigenvalue weighted by Gasteiger charge is 2.23. The van der Waals surface area contributed by atoms with E-state index in [0.29, 0.717) is 16.3 Å². The molecule has 0 aliphatic heterocycles. The number of hydrogen-bond donors (Lipinski definition) is 1. The van der Waals surface area contributed by atoms with Crippen molar-refractivity contribution in [3.8, 4) is 11.1 Å². The van der Waals surface area contributed by atoms with Crippen LogP contribution in [0.2, 0.25) is 0 Å². The third-order valence-electron chi connectivity index (χ3n) is 3.96. The van der Waals surface area contributed by atoms with Crippen molar-refractivity contribution < 1.29 is 23.9 Å². The smallest absolute Gasteiger partial charge is 0.341 e. The number of nitrogens with zero attached hydrogens (tertiary/aromatic N) is 1. The Balaban J connectivity index is 1.67. The molecule has 3 aromatic rings. The number of anilines is 1. The molecule has 9 heteroatoms. The first-order valence-electron chi connectivity index (χ1n) is 9.18. The van der Waals surface area contributed by atoms with Gasteiger partial charge in [0.25, 0.3) is 5.91 Å². The third kappa shape index (κ3) is 5.52. The Hall–Kier alpha value is -3.04. The SMILES string of the molecule is CCOC(=O)c1c(-c2ccccc2)csc1NC(=O)COC(=O)Cc1csc(C)n1. The highest BCUT2D eigenvalue weighted by Crippen LogP contribution is 2.36. The molecule has 156 valence electrons. The van der Waals surface area contributed by atoms with Crippen molar-refractivity contribution in [2.75, 3.05) is 18.5 Å². The van der Waals surface area contributed by atoms with E-state index in [9.17, 15) is 14.4 Å². The molecule has 0 saturated heterocycles. The largest absolute Gasteiger partial charge is 0.462 e. The van der Waals surface area contributed by atoms with E-state index in [1.54, 1.807) is 17.7 Å². The van der Waals surface area contributed by atoms with E-state index in [4.69, 9.17) is 9.47 Å². The number of ether oxygens (including phenoxy) is 2. The van der Waals surface area contributed by atoms with Crippen LogP contribution < -0.4 is 5.32 Å². The van der Waals surface area contributed by atoms with E-state index < -0.39 is 24.5 Å². The Kier molecular flexibility index (Phi) is 7.31. The van der Waals surface area contributed by atoms with Crippen LogP contribution in [0.1, 0.15) is 28.0 Å². The Morgan fingerprint density at radius 1 is 1.07 bits per heavy atom. The first-order chi connectivity index (χ1) is 14.5. The molecule has 2 aromatic heterocycles. The minimum atomic E-state index is -0.544. The monoisotopic (exact) mass is 444 g/mol. The molecular formula is C21H20N2O5S2. The summed E-state index contributed by atoms with van der Waals surface area (Å²) in [5.41, 5.74) is 2.40. The van der Waals surface area contributed by atoms with E-state index in [1.165, 1.54) is 22.7 Å². The van der Waals surface area contributed by atoms with Crippen LogP contribution >= 0.6 is 22.7 Å². The summed E-state index contributed by atoms with van der Waals surface area (Å²) >= 11 is 2.65. The van der Waals surface area contributed by atoms with Gasteiger partial charge in [0.1, 0.15) is 10.6 Å². The summed E-state index contributed by atoms with van der Waals surface area (Å²) in [6.07, 6.45) is 0.00283. The molecule has 30 heavy (non-hydrogen) atoms. The molecule has 0 bridgehead atoms. The number of thiophene rings is 1. The molecular weight excluding hydrogens is 424 g/mol. The Labute approximate surface area is 181 Å². The number of benzene rings is 1. The lowest BCUT2D eigenvalue weighted by atomic mass is 10.0. The number of nitrogens with one attached hydrogen (secondary N) is 1. The van der Waals surface area contributed by atoms with E-state index in [1.807, 2.05) is 37.3 Å². The second-order valence-electron chi connectivity index (χ2n) is 6.18. The zero-order chi connectivity index (χ0) is 21.5. The van der Waals surface area contributed by atoms with Crippen LogP contribution in [-0.4, -0.2) is 36.0 Å². The third-order valence-corrected chi connectivity index (χ3v) is 5.68. The lowest BCUT2D eigenvalue weighted by Crippen LogP contribution is -2.22. The molecule has 0 unspecified atom stereocenters. The maximum atomic E-state index is 12.5. The molecule has 0 aliphatic carbocycles. The topological polar surface area (TPSA) is 94.6 Å². The Morgan fingerprint density at radius 2 is 1.83 bits per heavy atom. The van der Waals surface area contributed by atoms with Crippen LogP contribution in [0.4, 0.5) is 5.00 Å². The molecule has 2 heterocycles. The molecule has 3 rings (SSSR count). The van der Waals surface area contributed by atoms with E-state index in [0.717, 1.165) is 10.6 Å². The number of aromatic nitrogens is 1. The van der Waals surface area contributed by atoms with Crippen LogP contribution in [0.5, 0.6) is 0 Å². The number of rotatable bonds is 8. The first-order valence-corrected chi connectivity index (χ1v) is 10.9. The maximum absolute atomic E-state index is 12.5. The van der Waals surface area contributed by atoms with Gasteiger partial charge in [-0.1, -0.05) is 30.3 Å². The van der Waals surface area contributed by atoms with Gasteiger partial charge in [-0.3, -0.25) is 9.59 Å². The number of aryl methyl sites for hydroxylation is 1. The van der Waals surface area contributed by atoms with E-state index in [2.05, 4.69) is 10.3 Å². The zero-order valence-electron chi connectivity index (χ0n) is 16.5. The second kappa shape index (κ2) is 10.1. The van der Waals surface area contributed by atoms with Crippen LogP contribution in [0.15, 0.2) is 41.1 Å². The lowest BCUT2D eigenvalue weighted by molar-refractivity contribution is -0.146. The van der Waals surface area contributed by atoms with Crippen LogP contribution in [0.3, 0.4) is 0 Å². The number of thiazole rings is 1. The Morgan fingerprint density at radius 3 is 2.50 bits per heavy atom. The fourth-order valence-electron chi connectivity index (χ4n) is 2.68. The van der Waals surface area contributed by atoms with Crippen LogP contribution in [0.25, 0.3) is 11.1 Å². The lowest BCUT2D eigenvalue weighted by Gasteiger charge is -2.09. The number of esters is 2. The van der Waals surface area contributed by atoms with Gasteiger partial charge in [0.2, 0.25) is 0 Å². The van der Waals surface area contributed by atoms with Gasteiger partial charge >= 0.3 is 11.9 Å². The van der Waals surface area contributed by atoms with Crippen LogP contribution in [0, 0.1) is 6.92 Å². The van der Waals surface area contributed by atoms with Gasteiger partial charge in [0.05, 0.1) is 23.7 Å². The molecule has 0 spiro atoms. The van der Waals surface area contributed by atoms with Crippen molar-refractivity contribution in [2.24, 2.45) is 0 Å². The summed E-state index contributed by atoms with van der Waals surface area (Å²) in [6, 6.07) is 9.35. The molecule has 1 N–H and O–H groups in total. The van der Waals surface area contributed by atoms with Crippen molar-refractivity contribution in [2.45, 2.75) is 20.3 Å². The summed E-state index contributed by atoms with van der Waals surface area (Å²) in [4.78, 5) is 40.9. The highest BCUT2D eigenvalue weighted by molar-refractivity contribution is 7.15. The van der Waals surface area contributed by atoms with Crippen molar-refractivity contribution in [1.29, 1.82) is 0 Å². The summed E-state index contributed by atoms with van der Waals surface area (Å²) in [5.74, 6) is -1.61. The summed E-state index contributed by atoms with van der Waals surface area (Å²) in [7, 11) is 0. The van der Waals surface area contributed by atoms with Crippen LogP contribution in [-0.2, 0) is 25.5 Å². The standard InChI is InChI=1S/C21H20N2O5S2/c1-3-27-21(26)19-16(14-7-5-4-6-8-14)12-30-20(19)23-17(24)10-28-18(25)9-15-11-29-13(2)22-15/h4-8,11-12H,3,9-10H2,1-2H3,(H,23,24). The fraction of sp³-hybridized carbons (Fsp3) is 0.238. The van der Waals surface area contributed by atoms with Gasteiger partial charge in [0.15, 0.2) is 6.61 Å². The summed E-state index contributed by atoms with van der Waals surface area (Å²) in [5, 5.41) is 7.42. The highest BCUT2D eigenvalue weighted by atomic mass is 32.1. The van der Waals surface area contributed by atoms with Gasteiger partial charge < -0.3 is 14.8 Å². The van der Waals surface area contributed by atoms with E-state index in [-0.39, 0.29) is 18.6 Å². The minimum absolute atomic E-state index is 0.00283. The molecule has 0 aliphatic rings. The van der Waals surface area contributed by atoms with Gasteiger partial charge in [-0.2, -0.15) is 0 Å². The predicted molar refractivity (Wildman–Crippen MR) is 116 cm³/mol. The zero-order valence-corrected chi connectivity index (χ0v) is 18.1. The number of carbonyl (C=O) groups is 3. The second-order valence-corrected chi connectivity index (χ2v) is 8.13. The Bertz CT molecular complexity index is 1040. The molecule has 0 fully saturated rings. The quantitative estimate of drug-likeness (QED) is 0.526. The van der Waals surface area contributed by atoms with Crippen molar-refractivity contribution in [3.05, 3.63) is 57.4 Å². The van der Waals surface area contributed by atoms with Crippen molar-refractivity contribution in [1.82, 2.24) is 4.98 Å².